The molecule has 1 fully saturated rings. The van der Waals surface area contributed by atoms with Gasteiger partial charge in [-0.15, -0.1) is 0 Å². The number of Topliss-reactive ketones (excluding diaryl/α,β-unsaturated/α-hetero) is 1. The highest BCUT2D eigenvalue weighted by atomic mass is 16.5. The van der Waals surface area contributed by atoms with Gasteiger partial charge in [-0.2, -0.15) is 0 Å². The van der Waals surface area contributed by atoms with Crippen LogP contribution in [-0.2, 0) is 19.1 Å². The highest BCUT2D eigenvalue weighted by molar-refractivity contribution is 5.88. The second-order valence-corrected chi connectivity index (χ2v) is 6.56. The first kappa shape index (κ1) is 17.7. The first-order valence-electron chi connectivity index (χ1n) is 8.11. The van der Waals surface area contributed by atoms with E-state index in [9.17, 15) is 9.59 Å². The molecule has 0 radical (unpaired) electrons. The Labute approximate surface area is 138 Å². The van der Waals surface area contributed by atoms with E-state index >= 15 is 0 Å². The molecule has 0 aliphatic heterocycles. The van der Waals surface area contributed by atoms with Crippen LogP contribution in [0.4, 0.5) is 0 Å². The molecule has 0 heterocycles. The zero-order valence-corrected chi connectivity index (χ0v) is 14.6. The van der Waals surface area contributed by atoms with E-state index < -0.39 is 6.10 Å². The Bertz CT molecular complexity index is 582. The quantitative estimate of drug-likeness (QED) is 0.780. The molecule has 1 aliphatic rings. The number of hydrogen-bond donors (Lipinski definition) is 0. The van der Waals surface area contributed by atoms with Crippen molar-refractivity contribution in [3.63, 3.8) is 0 Å². The summed E-state index contributed by atoms with van der Waals surface area (Å²) in [6, 6.07) is 4.15. The Kier molecular flexibility index (Phi) is 5.58. The van der Waals surface area contributed by atoms with E-state index in [0.717, 1.165) is 23.1 Å². The summed E-state index contributed by atoms with van der Waals surface area (Å²) in [7, 11) is 2.97. The third kappa shape index (κ3) is 3.63. The number of hydrogen-bond acceptors (Lipinski definition) is 4. The fourth-order valence-corrected chi connectivity index (χ4v) is 3.82. The van der Waals surface area contributed by atoms with Gasteiger partial charge in [0.1, 0.15) is 6.10 Å². The molecule has 1 aromatic rings. The zero-order chi connectivity index (χ0) is 17.1. The van der Waals surface area contributed by atoms with Crippen molar-refractivity contribution >= 4 is 11.8 Å². The Morgan fingerprint density at radius 3 is 2.13 bits per heavy atom. The van der Waals surface area contributed by atoms with Gasteiger partial charge in [-0.05, 0) is 56.7 Å². The minimum absolute atomic E-state index is 0.0777. The number of ketones is 1. The molecule has 0 N–H and O–H groups in total. The van der Waals surface area contributed by atoms with Crippen molar-refractivity contribution in [1.29, 1.82) is 0 Å². The van der Waals surface area contributed by atoms with Crippen LogP contribution in [0.1, 0.15) is 47.6 Å². The molecule has 4 heteroatoms. The van der Waals surface area contributed by atoms with Gasteiger partial charge in [-0.25, -0.2) is 0 Å². The second-order valence-electron chi connectivity index (χ2n) is 6.56. The molecule has 1 aromatic carbocycles. The number of aryl methyl sites for hydroxylation is 3. The van der Waals surface area contributed by atoms with Crippen LogP contribution in [0.25, 0.3) is 0 Å². The van der Waals surface area contributed by atoms with Crippen molar-refractivity contribution in [2.75, 3.05) is 14.2 Å². The Morgan fingerprint density at radius 1 is 1.04 bits per heavy atom. The van der Waals surface area contributed by atoms with Gasteiger partial charge in [-0.3, -0.25) is 9.59 Å². The number of benzene rings is 1. The summed E-state index contributed by atoms with van der Waals surface area (Å²) < 4.78 is 10.4. The SMILES string of the molecule is COC(=O)C1CCC(C(=O)C(OC)c2c(C)cc(C)cc2C)C1. The van der Waals surface area contributed by atoms with Crippen LogP contribution in [0.2, 0.25) is 0 Å². The maximum absolute atomic E-state index is 12.9. The minimum atomic E-state index is -0.558. The number of methoxy groups -OCH3 is 2. The lowest BCUT2D eigenvalue weighted by atomic mass is 9.88. The molecule has 0 bridgehead atoms. The van der Waals surface area contributed by atoms with E-state index in [4.69, 9.17) is 9.47 Å². The summed E-state index contributed by atoms with van der Waals surface area (Å²) in [6.07, 6.45) is 1.44. The average molecular weight is 318 g/mol. The van der Waals surface area contributed by atoms with Crippen LogP contribution in [0, 0.1) is 32.6 Å². The molecule has 0 amide bonds. The van der Waals surface area contributed by atoms with Gasteiger partial charge in [0.05, 0.1) is 13.0 Å². The van der Waals surface area contributed by atoms with E-state index in [0.29, 0.717) is 12.8 Å². The van der Waals surface area contributed by atoms with Crippen LogP contribution < -0.4 is 0 Å². The van der Waals surface area contributed by atoms with Crippen molar-refractivity contribution in [3.05, 3.63) is 34.4 Å². The van der Waals surface area contributed by atoms with Crippen LogP contribution in [0.5, 0.6) is 0 Å². The topological polar surface area (TPSA) is 52.6 Å². The summed E-state index contributed by atoms with van der Waals surface area (Å²) in [5, 5.41) is 0. The van der Waals surface area contributed by atoms with Crippen LogP contribution >= 0.6 is 0 Å². The molecule has 23 heavy (non-hydrogen) atoms. The Morgan fingerprint density at radius 2 is 1.61 bits per heavy atom. The zero-order valence-electron chi connectivity index (χ0n) is 14.6. The number of carbonyl (C=O) groups excluding carboxylic acids is 2. The summed E-state index contributed by atoms with van der Waals surface area (Å²) in [6.45, 7) is 6.08. The fraction of sp³-hybridized carbons (Fsp3) is 0.579. The van der Waals surface area contributed by atoms with Gasteiger partial charge >= 0.3 is 5.97 Å². The summed E-state index contributed by atoms with van der Waals surface area (Å²) in [5.41, 5.74) is 4.29. The van der Waals surface area contributed by atoms with E-state index in [1.54, 1.807) is 7.11 Å². The number of rotatable bonds is 5. The molecule has 126 valence electrons. The van der Waals surface area contributed by atoms with E-state index in [1.807, 2.05) is 20.8 Å². The highest BCUT2D eigenvalue weighted by Crippen LogP contribution is 2.37. The lowest BCUT2D eigenvalue weighted by Gasteiger charge is -2.22. The number of ether oxygens (including phenoxy) is 2. The van der Waals surface area contributed by atoms with Crippen molar-refractivity contribution in [3.8, 4) is 0 Å². The summed E-state index contributed by atoms with van der Waals surface area (Å²) in [4.78, 5) is 24.6. The second kappa shape index (κ2) is 7.26. The lowest BCUT2D eigenvalue weighted by Crippen LogP contribution is -2.24. The molecule has 0 spiro atoms. The van der Waals surface area contributed by atoms with E-state index in [1.165, 1.54) is 12.7 Å². The Hall–Kier alpha value is -1.68. The Balaban J connectivity index is 2.22. The molecule has 1 saturated carbocycles. The first-order valence-corrected chi connectivity index (χ1v) is 8.11. The smallest absolute Gasteiger partial charge is 0.308 e. The van der Waals surface area contributed by atoms with Crippen molar-refractivity contribution in [2.24, 2.45) is 11.8 Å². The van der Waals surface area contributed by atoms with Crippen molar-refractivity contribution in [2.45, 2.75) is 46.1 Å². The van der Waals surface area contributed by atoms with Gasteiger partial charge in [0.25, 0.3) is 0 Å². The largest absolute Gasteiger partial charge is 0.469 e. The molecule has 1 aliphatic carbocycles. The molecule has 0 saturated heterocycles. The van der Waals surface area contributed by atoms with Crippen molar-refractivity contribution < 1.29 is 19.1 Å². The monoisotopic (exact) mass is 318 g/mol. The van der Waals surface area contributed by atoms with E-state index in [-0.39, 0.29) is 23.6 Å². The van der Waals surface area contributed by atoms with Gasteiger partial charge < -0.3 is 9.47 Å². The third-order valence-corrected chi connectivity index (χ3v) is 4.86. The molecule has 3 unspecified atom stereocenters. The van der Waals surface area contributed by atoms with Crippen molar-refractivity contribution in [1.82, 2.24) is 0 Å². The van der Waals surface area contributed by atoms with Gasteiger partial charge in [0.15, 0.2) is 5.78 Å². The molecular formula is C19H26O4. The van der Waals surface area contributed by atoms with Gasteiger partial charge in [-0.1, -0.05) is 17.7 Å². The van der Waals surface area contributed by atoms with Gasteiger partial charge in [0.2, 0.25) is 0 Å². The van der Waals surface area contributed by atoms with E-state index in [2.05, 4.69) is 12.1 Å². The van der Waals surface area contributed by atoms with Crippen LogP contribution in [0.3, 0.4) is 0 Å². The number of esters is 1. The predicted molar refractivity (Wildman–Crippen MR) is 88.3 cm³/mol. The minimum Gasteiger partial charge on any atom is -0.469 e. The molecule has 3 atom stereocenters. The standard InChI is InChI=1S/C19H26O4/c1-11-8-12(2)16(13(3)9-11)18(22-4)17(20)14-6-7-15(10-14)19(21)23-5/h8-9,14-15,18H,6-7,10H2,1-5H3. The molecule has 4 nitrogen and oxygen atoms in total. The van der Waals surface area contributed by atoms with Crippen LogP contribution in [0.15, 0.2) is 12.1 Å². The molecule has 2 rings (SSSR count). The molecular weight excluding hydrogens is 292 g/mol. The maximum Gasteiger partial charge on any atom is 0.308 e. The normalized spacial score (nSPS) is 22.0. The van der Waals surface area contributed by atoms with Gasteiger partial charge in [0, 0.05) is 13.0 Å². The van der Waals surface area contributed by atoms with Crippen LogP contribution in [-0.4, -0.2) is 26.0 Å². The predicted octanol–water partition coefficient (Wildman–Crippen LogP) is 3.46. The molecule has 0 aromatic heterocycles. The highest BCUT2D eigenvalue weighted by Gasteiger charge is 2.38. The third-order valence-electron chi connectivity index (χ3n) is 4.86. The maximum atomic E-state index is 12.9. The summed E-state index contributed by atoms with van der Waals surface area (Å²) in [5.74, 6) is -0.429. The lowest BCUT2D eigenvalue weighted by molar-refractivity contribution is -0.145. The average Bonchev–Trinajstić information content (AvgIpc) is 2.99. The fourth-order valence-electron chi connectivity index (χ4n) is 3.82. The first-order chi connectivity index (χ1) is 10.9. The summed E-state index contributed by atoms with van der Waals surface area (Å²) >= 11 is 0. The number of carbonyl (C=O) groups is 2.